The molecule has 6 nitrogen and oxygen atoms in total. The molecule has 1 atom stereocenters. The van der Waals surface area contributed by atoms with Crippen LogP contribution in [0.3, 0.4) is 0 Å². The van der Waals surface area contributed by atoms with E-state index in [1.165, 1.54) is 22.5 Å². The fourth-order valence-electron chi connectivity index (χ4n) is 4.42. The summed E-state index contributed by atoms with van der Waals surface area (Å²) < 4.78 is 40.7. The Balaban J connectivity index is 1.36. The highest BCUT2D eigenvalue weighted by Crippen LogP contribution is 2.27. The van der Waals surface area contributed by atoms with Crippen molar-refractivity contribution in [2.75, 3.05) is 44.2 Å². The third-order valence-corrected chi connectivity index (χ3v) is 8.64. The molecular weight excluding hydrogens is 488 g/mol. The summed E-state index contributed by atoms with van der Waals surface area (Å²) in [5.74, 6) is -0.854. The molecule has 4 rings (SSSR count). The molecule has 2 aliphatic rings. The largest absolute Gasteiger partial charge is 0.368 e. The summed E-state index contributed by atoms with van der Waals surface area (Å²) >= 11 is 12.1. The number of anilines is 1. The highest BCUT2D eigenvalue weighted by molar-refractivity contribution is 7.88. The number of carbonyl (C=O) groups is 1. The maximum atomic E-state index is 13.2. The van der Waals surface area contributed by atoms with Gasteiger partial charge in [-0.1, -0.05) is 29.3 Å². The molecule has 1 amide bonds. The first-order valence-corrected chi connectivity index (χ1v) is 13.3. The molecule has 0 spiro atoms. The summed E-state index contributed by atoms with van der Waals surface area (Å²) in [5, 5.41) is 0.763. The Kier molecular flexibility index (Phi) is 7.48. The van der Waals surface area contributed by atoms with Crippen LogP contribution in [0.5, 0.6) is 0 Å². The quantitative estimate of drug-likeness (QED) is 0.605. The number of piperazine rings is 1. The van der Waals surface area contributed by atoms with Crippen LogP contribution in [0.2, 0.25) is 10.0 Å². The van der Waals surface area contributed by atoms with Crippen LogP contribution in [0.25, 0.3) is 0 Å². The smallest absolute Gasteiger partial charge is 0.227 e. The Hall–Kier alpha value is -1.87. The van der Waals surface area contributed by atoms with Crippen molar-refractivity contribution in [3.05, 3.63) is 63.9 Å². The van der Waals surface area contributed by atoms with Gasteiger partial charge in [-0.25, -0.2) is 17.1 Å². The summed E-state index contributed by atoms with van der Waals surface area (Å²) in [6.45, 7) is 3.00. The van der Waals surface area contributed by atoms with Crippen molar-refractivity contribution in [3.63, 3.8) is 0 Å². The molecule has 0 N–H and O–H groups in total. The standard InChI is InChI=1S/C23H26Cl2FN3O3S/c24-19-4-3-18(22(25)14-19)16-33(31,32)29-9-1-2-17(15-29)23(30)28-12-10-27(11-13-28)21-7-5-20(26)6-8-21/h3-8,14,17H,1-2,9-13,15-16H2/t17-/m0/s1. The molecule has 10 heteroatoms. The van der Waals surface area contributed by atoms with Crippen molar-refractivity contribution in [2.24, 2.45) is 5.92 Å². The number of rotatable bonds is 5. The summed E-state index contributed by atoms with van der Waals surface area (Å²) in [4.78, 5) is 17.1. The van der Waals surface area contributed by atoms with E-state index >= 15 is 0 Å². The molecule has 2 saturated heterocycles. The zero-order valence-corrected chi connectivity index (χ0v) is 20.4. The number of hydrogen-bond acceptors (Lipinski definition) is 4. The average Bonchev–Trinajstić information content (AvgIpc) is 2.81. The lowest BCUT2D eigenvalue weighted by Crippen LogP contribution is -2.53. The number of piperidine rings is 1. The molecule has 2 heterocycles. The Labute approximate surface area is 203 Å². The van der Waals surface area contributed by atoms with Crippen LogP contribution in [0.4, 0.5) is 10.1 Å². The molecule has 0 aliphatic carbocycles. The number of benzene rings is 2. The van der Waals surface area contributed by atoms with Crippen LogP contribution in [-0.2, 0) is 20.6 Å². The molecule has 0 unspecified atom stereocenters. The summed E-state index contributed by atoms with van der Waals surface area (Å²) in [5.41, 5.74) is 1.42. The van der Waals surface area contributed by atoms with Crippen molar-refractivity contribution < 1.29 is 17.6 Å². The van der Waals surface area contributed by atoms with Gasteiger partial charge in [0.2, 0.25) is 15.9 Å². The number of sulfonamides is 1. The zero-order valence-electron chi connectivity index (χ0n) is 18.1. The second-order valence-electron chi connectivity index (χ2n) is 8.48. The zero-order chi connectivity index (χ0) is 23.6. The number of halogens is 3. The van der Waals surface area contributed by atoms with E-state index in [-0.39, 0.29) is 29.9 Å². The lowest BCUT2D eigenvalue weighted by Gasteiger charge is -2.39. The Morgan fingerprint density at radius 2 is 1.70 bits per heavy atom. The van der Waals surface area contributed by atoms with Gasteiger partial charge in [-0.3, -0.25) is 4.79 Å². The average molecular weight is 514 g/mol. The van der Waals surface area contributed by atoms with Gasteiger partial charge in [-0.05, 0) is 54.8 Å². The first-order valence-electron chi connectivity index (χ1n) is 10.9. The third-order valence-electron chi connectivity index (χ3n) is 6.26. The highest BCUT2D eigenvalue weighted by Gasteiger charge is 2.35. The van der Waals surface area contributed by atoms with E-state index in [1.54, 1.807) is 24.3 Å². The fourth-order valence-corrected chi connectivity index (χ4v) is 6.61. The van der Waals surface area contributed by atoms with Gasteiger partial charge in [0.15, 0.2) is 0 Å². The number of carbonyl (C=O) groups excluding carboxylic acids is 1. The van der Waals surface area contributed by atoms with E-state index < -0.39 is 10.0 Å². The van der Waals surface area contributed by atoms with Crippen molar-refractivity contribution in [1.82, 2.24) is 9.21 Å². The van der Waals surface area contributed by atoms with Crippen LogP contribution < -0.4 is 4.90 Å². The van der Waals surface area contributed by atoms with Gasteiger partial charge in [-0.15, -0.1) is 0 Å². The van der Waals surface area contributed by atoms with Crippen LogP contribution in [0.15, 0.2) is 42.5 Å². The normalized spacial score (nSPS) is 20.2. The Morgan fingerprint density at radius 3 is 2.36 bits per heavy atom. The lowest BCUT2D eigenvalue weighted by molar-refractivity contribution is -0.137. The molecule has 0 radical (unpaired) electrons. The summed E-state index contributed by atoms with van der Waals surface area (Å²) in [7, 11) is -3.62. The van der Waals surface area contributed by atoms with Crippen LogP contribution in [-0.4, -0.2) is 62.8 Å². The van der Waals surface area contributed by atoms with Gasteiger partial charge in [0.25, 0.3) is 0 Å². The maximum Gasteiger partial charge on any atom is 0.227 e. The monoisotopic (exact) mass is 513 g/mol. The first-order chi connectivity index (χ1) is 15.7. The van der Waals surface area contributed by atoms with E-state index in [1.807, 2.05) is 4.90 Å². The van der Waals surface area contributed by atoms with E-state index in [2.05, 4.69) is 4.90 Å². The Bertz CT molecular complexity index is 1110. The van der Waals surface area contributed by atoms with E-state index in [4.69, 9.17) is 23.2 Å². The number of amides is 1. The minimum Gasteiger partial charge on any atom is -0.368 e. The summed E-state index contributed by atoms with van der Waals surface area (Å²) in [6.07, 6.45) is 1.31. The topological polar surface area (TPSA) is 60.9 Å². The predicted molar refractivity (Wildman–Crippen MR) is 129 cm³/mol. The molecule has 2 aromatic carbocycles. The van der Waals surface area contributed by atoms with E-state index in [9.17, 15) is 17.6 Å². The molecule has 178 valence electrons. The highest BCUT2D eigenvalue weighted by atomic mass is 35.5. The lowest BCUT2D eigenvalue weighted by atomic mass is 9.97. The predicted octanol–water partition coefficient (Wildman–Crippen LogP) is 4.02. The van der Waals surface area contributed by atoms with Gasteiger partial charge in [0, 0.05) is 55.0 Å². The van der Waals surface area contributed by atoms with Crippen molar-refractivity contribution >= 4 is 44.8 Å². The van der Waals surface area contributed by atoms with Gasteiger partial charge in [-0.2, -0.15) is 0 Å². The molecule has 0 bridgehead atoms. The van der Waals surface area contributed by atoms with Gasteiger partial charge >= 0.3 is 0 Å². The second kappa shape index (κ2) is 10.2. The number of hydrogen-bond donors (Lipinski definition) is 0. The minimum absolute atomic E-state index is 0.00168. The molecule has 2 aliphatic heterocycles. The van der Waals surface area contributed by atoms with E-state index in [0.717, 1.165) is 5.69 Å². The van der Waals surface area contributed by atoms with Crippen LogP contribution in [0.1, 0.15) is 18.4 Å². The maximum absolute atomic E-state index is 13.2. The van der Waals surface area contributed by atoms with Crippen molar-refractivity contribution in [3.8, 4) is 0 Å². The second-order valence-corrected chi connectivity index (χ2v) is 11.3. The molecule has 33 heavy (non-hydrogen) atoms. The molecule has 2 aromatic rings. The fraction of sp³-hybridized carbons (Fsp3) is 0.435. The van der Waals surface area contributed by atoms with Gasteiger partial charge in [0.1, 0.15) is 5.82 Å². The van der Waals surface area contributed by atoms with E-state index in [0.29, 0.717) is 61.2 Å². The van der Waals surface area contributed by atoms with Crippen LogP contribution in [0, 0.1) is 11.7 Å². The minimum atomic E-state index is -3.62. The molecule has 2 fully saturated rings. The van der Waals surface area contributed by atoms with Gasteiger partial charge in [0.05, 0.1) is 11.7 Å². The molecule has 0 aromatic heterocycles. The van der Waals surface area contributed by atoms with Crippen LogP contribution >= 0.6 is 23.2 Å². The first kappa shape index (κ1) is 24.3. The Morgan fingerprint density at radius 1 is 1.00 bits per heavy atom. The summed E-state index contributed by atoms with van der Waals surface area (Å²) in [6, 6.07) is 11.1. The van der Waals surface area contributed by atoms with Crippen molar-refractivity contribution in [2.45, 2.75) is 18.6 Å². The molecule has 0 saturated carbocycles. The number of nitrogens with zero attached hydrogens (tertiary/aromatic N) is 3. The SMILES string of the molecule is O=C([C@H]1CCCN(S(=O)(=O)Cc2ccc(Cl)cc2Cl)C1)N1CCN(c2ccc(F)cc2)CC1. The van der Waals surface area contributed by atoms with Gasteiger partial charge < -0.3 is 9.80 Å². The van der Waals surface area contributed by atoms with Crippen molar-refractivity contribution in [1.29, 1.82) is 0 Å². The third kappa shape index (κ3) is 5.80. The molecular formula is C23H26Cl2FN3O3S.